The van der Waals surface area contributed by atoms with Gasteiger partial charge >= 0.3 is 6.09 Å². The van der Waals surface area contributed by atoms with E-state index < -0.39 is 14.4 Å². The minimum atomic E-state index is -1.66. The van der Waals surface area contributed by atoms with E-state index in [0.29, 0.717) is 19.0 Å². The number of nitrogens with zero attached hydrogens (tertiary/aromatic N) is 1. The minimum absolute atomic E-state index is 0.245. The molecular formula is C13H27NO3Si. The third-order valence-corrected chi connectivity index (χ3v) is 8.87. The molecule has 0 unspecified atom stereocenters. The van der Waals surface area contributed by atoms with E-state index in [0.717, 1.165) is 19.4 Å². The van der Waals surface area contributed by atoms with Gasteiger partial charge in [-0.3, -0.25) is 0 Å². The Kier molecular flexibility index (Phi) is 4.83. The Morgan fingerprint density at radius 1 is 1.33 bits per heavy atom. The average Bonchev–Trinajstić information content (AvgIpc) is 2.25. The predicted octanol–water partition coefficient (Wildman–Crippen LogP) is 3.40. The molecule has 0 spiro atoms. The van der Waals surface area contributed by atoms with Gasteiger partial charge in [0.2, 0.25) is 0 Å². The summed E-state index contributed by atoms with van der Waals surface area (Å²) in [6, 6.07) is 0. The molecule has 1 heterocycles. The van der Waals surface area contributed by atoms with Crippen molar-refractivity contribution in [1.29, 1.82) is 0 Å². The molecule has 0 aromatic carbocycles. The number of hydrogen-bond donors (Lipinski definition) is 1. The third kappa shape index (κ3) is 3.98. The molecule has 1 N–H and O–H groups in total. The first-order valence-electron chi connectivity index (χ1n) is 6.75. The molecule has 1 rings (SSSR count). The zero-order chi connectivity index (χ0) is 14.0. The molecule has 0 atom stereocenters. The van der Waals surface area contributed by atoms with Crippen LogP contribution in [0.3, 0.4) is 0 Å². The van der Waals surface area contributed by atoms with Gasteiger partial charge in [0.25, 0.3) is 0 Å². The van der Waals surface area contributed by atoms with Gasteiger partial charge in [0.05, 0.1) is 0 Å². The Morgan fingerprint density at radius 2 is 1.83 bits per heavy atom. The van der Waals surface area contributed by atoms with Crippen molar-refractivity contribution in [3.63, 3.8) is 0 Å². The average molecular weight is 273 g/mol. The van der Waals surface area contributed by atoms with E-state index >= 15 is 0 Å². The summed E-state index contributed by atoms with van der Waals surface area (Å²) in [5.74, 6) is 0.523. The summed E-state index contributed by atoms with van der Waals surface area (Å²) >= 11 is 0. The molecule has 0 bridgehead atoms. The molecular weight excluding hydrogens is 246 g/mol. The van der Waals surface area contributed by atoms with Gasteiger partial charge < -0.3 is 14.4 Å². The Morgan fingerprint density at radius 3 is 2.22 bits per heavy atom. The van der Waals surface area contributed by atoms with E-state index in [4.69, 9.17) is 9.53 Å². The number of rotatable bonds is 3. The molecule has 4 nitrogen and oxygen atoms in total. The molecule has 0 radical (unpaired) electrons. The van der Waals surface area contributed by atoms with Gasteiger partial charge in [0.15, 0.2) is 8.32 Å². The number of likely N-dealkylation sites (tertiary alicyclic amines) is 1. The van der Waals surface area contributed by atoms with Crippen molar-refractivity contribution in [2.24, 2.45) is 5.92 Å². The van der Waals surface area contributed by atoms with Gasteiger partial charge in [-0.05, 0) is 36.9 Å². The zero-order valence-corrected chi connectivity index (χ0v) is 13.3. The normalized spacial score (nSPS) is 19.1. The topological polar surface area (TPSA) is 49.8 Å². The second-order valence-corrected chi connectivity index (χ2v) is 11.6. The molecule has 1 amide bonds. The van der Waals surface area contributed by atoms with Crippen LogP contribution in [0.4, 0.5) is 4.79 Å². The summed E-state index contributed by atoms with van der Waals surface area (Å²) in [7, 11) is -1.66. The smallest absolute Gasteiger partial charge is 0.407 e. The van der Waals surface area contributed by atoms with Crippen LogP contribution in [0.5, 0.6) is 0 Å². The molecule has 18 heavy (non-hydrogen) atoms. The lowest BCUT2D eigenvalue weighted by molar-refractivity contribution is 0.109. The fraction of sp³-hybridized carbons (Fsp3) is 0.923. The van der Waals surface area contributed by atoms with Crippen LogP contribution in [0.1, 0.15) is 33.6 Å². The van der Waals surface area contributed by atoms with Crippen LogP contribution < -0.4 is 0 Å². The van der Waals surface area contributed by atoms with Gasteiger partial charge in [-0.15, -0.1) is 0 Å². The lowest BCUT2D eigenvalue weighted by Crippen LogP contribution is -2.44. The van der Waals surface area contributed by atoms with Gasteiger partial charge in [-0.25, -0.2) is 4.79 Å². The maximum atomic E-state index is 10.8. The first-order chi connectivity index (χ1) is 8.13. The van der Waals surface area contributed by atoms with E-state index in [1.54, 1.807) is 0 Å². The lowest BCUT2D eigenvalue weighted by Gasteiger charge is -2.38. The van der Waals surface area contributed by atoms with Gasteiger partial charge in [-0.2, -0.15) is 0 Å². The van der Waals surface area contributed by atoms with E-state index in [9.17, 15) is 4.79 Å². The summed E-state index contributed by atoms with van der Waals surface area (Å²) in [4.78, 5) is 12.3. The van der Waals surface area contributed by atoms with Crippen LogP contribution in [0.25, 0.3) is 0 Å². The largest absolute Gasteiger partial charge is 0.465 e. The monoisotopic (exact) mass is 273 g/mol. The highest BCUT2D eigenvalue weighted by Crippen LogP contribution is 2.37. The van der Waals surface area contributed by atoms with Crippen molar-refractivity contribution in [3.8, 4) is 0 Å². The number of hydrogen-bond acceptors (Lipinski definition) is 2. The molecule has 1 fully saturated rings. The van der Waals surface area contributed by atoms with Crippen molar-refractivity contribution in [3.05, 3.63) is 0 Å². The quantitative estimate of drug-likeness (QED) is 0.802. The maximum absolute atomic E-state index is 10.8. The fourth-order valence-electron chi connectivity index (χ4n) is 1.83. The predicted molar refractivity (Wildman–Crippen MR) is 75.5 cm³/mol. The second-order valence-electron chi connectivity index (χ2n) is 6.78. The summed E-state index contributed by atoms with van der Waals surface area (Å²) < 4.78 is 6.20. The van der Waals surface area contributed by atoms with Crippen molar-refractivity contribution < 1.29 is 14.3 Å². The Labute approximate surface area is 111 Å². The van der Waals surface area contributed by atoms with Crippen LogP contribution in [0.2, 0.25) is 18.1 Å². The number of amides is 1. The zero-order valence-electron chi connectivity index (χ0n) is 12.3. The Balaban J connectivity index is 2.36. The van der Waals surface area contributed by atoms with Crippen LogP contribution in [-0.2, 0) is 4.43 Å². The van der Waals surface area contributed by atoms with E-state index in [1.165, 1.54) is 4.90 Å². The van der Waals surface area contributed by atoms with Crippen molar-refractivity contribution in [2.75, 3.05) is 19.7 Å². The maximum Gasteiger partial charge on any atom is 0.407 e. The second kappa shape index (κ2) is 5.61. The van der Waals surface area contributed by atoms with Crippen LogP contribution in [-0.4, -0.2) is 44.1 Å². The highest BCUT2D eigenvalue weighted by Gasteiger charge is 2.37. The first-order valence-corrected chi connectivity index (χ1v) is 9.66. The minimum Gasteiger partial charge on any atom is -0.465 e. The first kappa shape index (κ1) is 15.5. The van der Waals surface area contributed by atoms with Crippen molar-refractivity contribution in [1.82, 2.24) is 4.90 Å². The molecule has 0 saturated carbocycles. The molecule has 0 aromatic heterocycles. The highest BCUT2D eigenvalue weighted by atomic mass is 28.4. The number of piperidine rings is 1. The van der Waals surface area contributed by atoms with Crippen molar-refractivity contribution in [2.45, 2.75) is 51.7 Å². The molecule has 0 aliphatic carbocycles. The third-order valence-electron chi connectivity index (χ3n) is 4.37. The molecule has 1 saturated heterocycles. The van der Waals surface area contributed by atoms with Crippen LogP contribution in [0, 0.1) is 5.92 Å². The molecule has 0 aromatic rings. The summed E-state index contributed by atoms with van der Waals surface area (Å²) in [6.45, 7) is 13.4. The molecule has 5 heteroatoms. The summed E-state index contributed by atoms with van der Waals surface area (Å²) in [5, 5.41) is 9.14. The van der Waals surface area contributed by atoms with E-state index in [-0.39, 0.29) is 5.04 Å². The van der Waals surface area contributed by atoms with Gasteiger partial charge in [-0.1, -0.05) is 20.8 Å². The highest BCUT2D eigenvalue weighted by molar-refractivity contribution is 6.74. The van der Waals surface area contributed by atoms with E-state index in [2.05, 4.69) is 33.9 Å². The standard InChI is InChI=1S/C13H27NO3Si/c1-13(2,3)18(4,5)17-10-11-6-8-14(9-7-11)12(15)16/h11H,6-10H2,1-5H3,(H,15,16). The number of carboxylic acid groups (broad SMARTS) is 1. The van der Waals surface area contributed by atoms with E-state index in [1.807, 2.05) is 0 Å². The van der Waals surface area contributed by atoms with Gasteiger partial charge in [0, 0.05) is 19.7 Å². The SMILES string of the molecule is CC(C)(C)[Si](C)(C)OCC1CCN(C(=O)O)CC1. The molecule has 1 aliphatic rings. The summed E-state index contributed by atoms with van der Waals surface area (Å²) in [5.41, 5.74) is 0. The Bertz CT molecular complexity index is 291. The lowest BCUT2D eigenvalue weighted by atomic mass is 9.98. The molecule has 1 aliphatic heterocycles. The van der Waals surface area contributed by atoms with Gasteiger partial charge in [0.1, 0.15) is 0 Å². The molecule has 106 valence electrons. The Hall–Kier alpha value is -0.553. The van der Waals surface area contributed by atoms with Crippen LogP contribution in [0.15, 0.2) is 0 Å². The fourth-order valence-corrected chi connectivity index (χ4v) is 2.92. The number of carbonyl (C=O) groups is 1. The van der Waals surface area contributed by atoms with Crippen molar-refractivity contribution >= 4 is 14.4 Å². The van der Waals surface area contributed by atoms with Crippen LogP contribution >= 0.6 is 0 Å². The summed E-state index contributed by atoms with van der Waals surface area (Å²) in [6.07, 6.45) is 1.07.